The van der Waals surface area contributed by atoms with Crippen molar-refractivity contribution in [3.05, 3.63) is 94.3 Å². The van der Waals surface area contributed by atoms with Crippen LogP contribution in [0, 0.1) is 3.57 Å². The van der Waals surface area contributed by atoms with E-state index in [0.717, 1.165) is 20.4 Å². The first kappa shape index (κ1) is 19.3. The van der Waals surface area contributed by atoms with Gasteiger partial charge in [-0.05, 0) is 83.3 Å². The number of hydrogen-bond donors (Lipinski definition) is 1. The van der Waals surface area contributed by atoms with E-state index in [1.165, 1.54) is 0 Å². The number of fused-ring (bicyclic) bond motifs is 1. The van der Waals surface area contributed by atoms with Crippen molar-refractivity contribution in [2.24, 2.45) is 0 Å². The number of nitrogens with one attached hydrogen (secondary N) is 1. The first-order valence-corrected chi connectivity index (χ1v) is 10.6. The highest BCUT2D eigenvalue weighted by Gasteiger charge is 2.12. The molecule has 3 aromatic heterocycles. The fourth-order valence-electron chi connectivity index (χ4n) is 3.18. The van der Waals surface area contributed by atoms with E-state index < -0.39 is 0 Å². The molecule has 0 aliphatic rings. The van der Waals surface area contributed by atoms with Gasteiger partial charge in [-0.2, -0.15) is 9.61 Å². The highest BCUT2D eigenvalue weighted by Crippen LogP contribution is 2.23. The number of hydrogen-bond acceptors (Lipinski definition) is 5. The Balaban J connectivity index is 1.46. The van der Waals surface area contributed by atoms with E-state index in [1.54, 1.807) is 16.9 Å². The second-order valence-corrected chi connectivity index (χ2v) is 8.04. The lowest BCUT2D eigenvalue weighted by molar-refractivity contribution is 0.102. The van der Waals surface area contributed by atoms with E-state index in [9.17, 15) is 4.79 Å². The van der Waals surface area contributed by atoms with Crippen molar-refractivity contribution in [1.82, 2.24) is 24.8 Å². The van der Waals surface area contributed by atoms with Gasteiger partial charge in [0.1, 0.15) is 0 Å². The SMILES string of the molecule is O=C(Nc1cccc(-c2ccc3nnc(-c4cccnc4)n3n2)c1)c1ccc(I)cc1. The number of carbonyl (C=O) groups is 1. The molecule has 1 N–H and O–H groups in total. The predicted molar refractivity (Wildman–Crippen MR) is 127 cm³/mol. The Kier molecular flexibility index (Phi) is 5.13. The monoisotopic (exact) mass is 518 g/mol. The lowest BCUT2D eigenvalue weighted by atomic mass is 10.1. The molecule has 0 aliphatic carbocycles. The zero-order valence-corrected chi connectivity index (χ0v) is 18.3. The molecule has 0 fully saturated rings. The number of rotatable bonds is 4. The molecule has 3 heterocycles. The summed E-state index contributed by atoms with van der Waals surface area (Å²) in [5.74, 6) is 0.461. The first-order valence-electron chi connectivity index (χ1n) is 9.47. The molecule has 2 aromatic carbocycles. The molecule has 150 valence electrons. The van der Waals surface area contributed by atoms with Gasteiger partial charge >= 0.3 is 0 Å². The van der Waals surface area contributed by atoms with Gasteiger partial charge in [-0.25, -0.2) is 0 Å². The number of aromatic nitrogens is 5. The molecular formula is C23H15IN6O. The Bertz CT molecular complexity index is 1380. The highest BCUT2D eigenvalue weighted by atomic mass is 127. The molecule has 0 saturated heterocycles. The van der Waals surface area contributed by atoms with Gasteiger partial charge in [0, 0.05) is 38.3 Å². The van der Waals surface area contributed by atoms with Crippen molar-refractivity contribution in [1.29, 1.82) is 0 Å². The summed E-state index contributed by atoms with van der Waals surface area (Å²) in [6.45, 7) is 0. The van der Waals surface area contributed by atoms with Crippen molar-refractivity contribution >= 4 is 39.8 Å². The largest absolute Gasteiger partial charge is 0.322 e. The van der Waals surface area contributed by atoms with Crippen LogP contribution in [-0.4, -0.2) is 30.7 Å². The Labute approximate surface area is 191 Å². The number of nitrogens with zero attached hydrogens (tertiary/aromatic N) is 5. The summed E-state index contributed by atoms with van der Waals surface area (Å²) in [6.07, 6.45) is 3.44. The van der Waals surface area contributed by atoms with Crippen LogP contribution in [0.25, 0.3) is 28.3 Å². The standard InChI is InChI=1S/C23H15IN6O/c24-18-8-6-15(7-9-18)23(31)26-19-5-1-3-16(13-19)20-10-11-21-27-28-22(30(21)29-20)17-4-2-12-25-14-17/h1-14H,(H,26,31). The quantitative estimate of drug-likeness (QED) is 0.349. The van der Waals surface area contributed by atoms with Crippen LogP contribution < -0.4 is 5.32 Å². The van der Waals surface area contributed by atoms with Crippen molar-refractivity contribution in [2.75, 3.05) is 5.32 Å². The minimum Gasteiger partial charge on any atom is -0.322 e. The van der Waals surface area contributed by atoms with Gasteiger partial charge in [0.05, 0.1) is 5.69 Å². The van der Waals surface area contributed by atoms with Gasteiger partial charge in [-0.15, -0.1) is 10.2 Å². The number of pyridine rings is 1. The average molecular weight is 518 g/mol. The summed E-state index contributed by atoms with van der Waals surface area (Å²) >= 11 is 2.21. The fraction of sp³-hybridized carbons (Fsp3) is 0. The van der Waals surface area contributed by atoms with Gasteiger partial charge in [0.15, 0.2) is 11.5 Å². The minimum absolute atomic E-state index is 0.158. The molecule has 0 unspecified atom stereocenters. The van der Waals surface area contributed by atoms with Crippen LogP contribution in [0.1, 0.15) is 10.4 Å². The van der Waals surface area contributed by atoms with Gasteiger partial charge in [0.2, 0.25) is 0 Å². The molecule has 0 radical (unpaired) electrons. The van der Waals surface area contributed by atoms with Crippen LogP contribution in [0.3, 0.4) is 0 Å². The number of anilines is 1. The molecule has 7 nitrogen and oxygen atoms in total. The van der Waals surface area contributed by atoms with Crippen LogP contribution in [0.5, 0.6) is 0 Å². The third-order valence-corrected chi connectivity index (χ3v) is 5.42. The van der Waals surface area contributed by atoms with Crippen LogP contribution >= 0.6 is 22.6 Å². The zero-order valence-electron chi connectivity index (χ0n) is 16.1. The maximum absolute atomic E-state index is 12.6. The second-order valence-electron chi connectivity index (χ2n) is 6.80. The average Bonchev–Trinajstić information content (AvgIpc) is 3.23. The smallest absolute Gasteiger partial charge is 0.255 e. The maximum atomic E-state index is 12.6. The molecule has 5 aromatic rings. The molecule has 0 spiro atoms. The molecule has 0 aliphatic heterocycles. The van der Waals surface area contributed by atoms with Crippen molar-refractivity contribution in [2.45, 2.75) is 0 Å². The summed E-state index contributed by atoms with van der Waals surface area (Å²) < 4.78 is 2.78. The Morgan fingerprint density at radius 2 is 1.74 bits per heavy atom. The minimum atomic E-state index is -0.158. The van der Waals surface area contributed by atoms with Gasteiger partial charge in [-0.3, -0.25) is 9.78 Å². The first-order chi connectivity index (χ1) is 15.2. The lowest BCUT2D eigenvalue weighted by Crippen LogP contribution is -2.11. The third-order valence-electron chi connectivity index (χ3n) is 4.71. The Morgan fingerprint density at radius 3 is 2.55 bits per heavy atom. The molecule has 31 heavy (non-hydrogen) atoms. The number of amides is 1. The van der Waals surface area contributed by atoms with E-state index in [-0.39, 0.29) is 5.91 Å². The van der Waals surface area contributed by atoms with Crippen molar-refractivity contribution < 1.29 is 4.79 Å². The van der Waals surface area contributed by atoms with Crippen LogP contribution in [0.4, 0.5) is 5.69 Å². The summed E-state index contributed by atoms with van der Waals surface area (Å²) in [5.41, 5.74) is 4.38. The molecule has 0 atom stereocenters. The summed E-state index contributed by atoms with van der Waals surface area (Å²) in [7, 11) is 0. The van der Waals surface area contributed by atoms with Crippen LogP contribution in [0.15, 0.2) is 85.2 Å². The fourth-order valence-corrected chi connectivity index (χ4v) is 3.54. The zero-order chi connectivity index (χ0) is 21.2. The molecule has 0 saturated carbocycles. The van der Waals surface area contributed by atoms with Gasteiger partial charge in [0.25, 0.3) is 5.91 Å². The van der Waals surface area contributed by atoms with Gasteiger partial charge < -0.3 is 5.32 Å². The predicted octanol–water partition coefficient (Wildman–Crippen LogP) is 4.71. The van der Waals surface area contributed by atoms with E-state index in [4.69, 9.17) is 5.10 Å². The summed E-state index contributed by atoms with van der Waals surface area (Å²) in [4.78, 5) is 16.7. The summed E-state index contributed by atoms with van der Waals surface area (Å²) in [5, 5.41) is 16.1. The third kappa shape index (κ3) is 4.02. The molecule has 8 heteroatoms. The van der Waals surface area contributed by atoms with Crippen LogP contribution in [0.2, 0.25) is 0 Å². The molecular weight excluding hydrogens is 503 g/mol. The molecule has 1 amide bonds. The van der Waals surface area contributed by atoms with E-state index in [2.05, 4.69) is 43.1 Å². The highest BCUT2D eigenvalue weighted by molar-refractivity contribution is 14.1. The molecule has 5 rings (SSSR count). The lowest BCUT2D eigenvalue weighted by Gasteiger charge is -2.08. The normalized spacial score (nSPS) is 10.9. The van der Waals surface area contributed by atoms with Gasteiger partial charge in [-0.1, -0.05) is 12.1 Å². The maximum Gasteiger partial charge on any atom is 0.255 e. The summed E-state index contributed by atoms with van der Waals surface area (Å²) in [6, 6.07) is 22.5. The number of benzene rings is 2. The molecule has 0 bridgehead atoms. The number of halogens is 1. The number of carbonyl (C=O) groups excluding carboxylic acids is 1. The van der Waals surface area contributed by atoms with Crippen LogP contribution in [-0.2, 0) is 0 Å². The Morgan fingerprint density at radius 1 is 0.903 bits per heavy atom. The second kappa shape index (κ2) is 8.23. The Hall–Kier alpha value is -3.66. The van der Waals surface area contributed by atoms with E-state index in [1.807, 2.05) is 72.8 Å². The van der Waals surface area contributed by atoms with E-state index in [0.29, 0.717) is 22.7 Å². The topological polar surface area (TPSA) is 85.1 Å². The van der Waals surface area contributed by atoms with Crippen molar-refractivity contribution in [3.63, 3.8) is 0 Å². The van der Waals surface area contributed by atoms with Crippen molar-refractivity contribution in [3.8, 4) is 22.6 Å². The van der Waals surface area contributed by atoms with E-state index >= 15 is 0 Å².